The quantitative estimate of drug-likeness (QED) is 0.168. The molecule has 0 amide bonds. The third kappa shape index (κ3) is 5.33. The minimum atomic E-state index is -4.85. The molecule has 0 bridgehead atoms. The molecule has 17 heteroatoms. The lowest BCUT2D eigenvalue weighted by atomic mass is 10.00. The number of aliphatic hydroxyl groups is 6. The van der Waals surface area contributed by atoms with Crippen molar-refractivity contribution >= 4 is 7.82 Å². The minimum Gasteiger partial charge on any atom is -0.387 e. The van der Waals surface area contributed by atoms with Crippen molar-refractivity contribution in [2.45, 2.75) is 55.2 Å². The van der Waals surface area contributed by atoms with E-state index in [9.17, 15) is 49.7 Å². The van der Waals surface area contributed by atoms with Gasteiger partial charge in [-0.25, -0.2) is 9.36 Å². The van der Waals surface area contributed by atoms with Gasteiger partial charge < -0.3 is 45.0 Å². The molecule has 10 atom stereocenters. The molecule has 2 saturated heterocycles. The second-order valence-corrected chi connectivity index (χ2v) is 8.61. The summed E-state index contributed by atoms with van der Waals surface area (Å²) in [7, 11) is -4.85. The number of ether oxygens (including phenoxy) is 2. The summed E-state index contributed by atoms with van der Waals surface area (Å²) < 4.78 is 32.3. The Morgan fingerprint density at radius 1 is 0.906 bits per heavy atom. The van der Waals surface area contributed by atoms with E-state index in [4.69, 9.17) is 14.0 Å². The summed E-state index contributed by atoms with van der Waals surface area (Å²) in [5.74, 6) is 0. The van der Waals surface area contributed by atoms with Crippen LogP contribution in [-0.4, -0.2) is 107 Å². The normalized spacial score (nSPS) is 39.7. The lowest BCUT2D eigenvalue weighted by molar-refractivity contribution is -0.285. The van der Waals surface area contributed by atoms with Crippen LogP contribution in [0.3, 0.4) is 0 Å². The van der Waals surface area contributed by atoms with Crippen LogP contribution in [0, 0.1) is 0 Å². The topological polar surface area (TPSA) is 250 Å². The zero-order valence-electron chi connectivity index (χ0n) is 16.1. The van der Waals surface area contributed by atoms with E-state index in [0.29, 0.717) is 0 Å². The van der Waals surface area contributed by atoms with Crippen molar-refractivity contribution in [2.24, 2.45) is 0 Å². The molecule has 182 valence electrons. The monoisotopic (exact) mass is 486 g/mol. The zero-order chi connectivity index (χ0) is 23.8. The smallest absolute Gasteiger partial charge is 0.387 e. The Kier molecular flexibility index (Phi) is 7.66. The van der Waals surface area contributed by atoms with Crippen LogP contribution in [0.5, 0.6) is 0 Å². The van der Waals surface area contributed by atoms with Crippen LogP contribution in [-0.2, 0) is 23.1 Å². The van der Waals surface area contributed by atoms with Crippen molar-refractivity contribution in [2.75, 3.05) is 13.2 Å². The second kappa shape index (κ2) is 9.76. The third-order valence-electron chi connectivity index (χ3n) is 4.95. The number of aliphatic hydroxyl groups excluding tert-OH is 6. The molecule has 0 aliphatic carbocycles. The lowest BCUT2D eigenvalue weighted by Gasteiger charge is -2.38. The van der Waals surface area contributed by atoms with Crippen molar-refractivity contribution in [1.29, 1.82) is 0 Å². The summed E-state index contributed by atoms with van der Waals surface area (Å²) in [5.41, 5.74) is -1.62. The van der Waals surface area contributed by atoms with Crippen LogP contribution in [0.15, 0.2) is 21.9 Å². The standard InChI is InChI=1S/C15H23N2O14P/c18-7-1-2-17(15(25)16-7)13-11(22)9(20)5(30-13)3-28-32(26,27)29-4-6-8(19)10(21)12(23)14(24)31-6/h1-2,5-6,8-14,19-24H,3-4H2,(H,26,27)(H,16,18,25)/t5-,6-,8-,9-,10+,11-,12+,13-,14?/m1/s1. The fourth-order valence-corrected chi connectivity index (χ4v) is 3.91. The van der Waals surface area contributed by atoms with Gasteiger partial charge in [0.1, 0.15) is 42.7 Å². The number of phosphoric acid groups is 1. The van der Waals surface area contributed by atoms with E-state index in [1.807, 2.05) is 4.98 Å². The number of hydrogen-bond donors (Lipinski definition) is 8. The average molecular weight is 486 g/mol. The summed E-state index contributed by atoms with van der Waals surface area (Å²) >= 11 is 0. The van der Waals surface area contributed by atoms with Crippen molar-refractivity contribution in [3.8, 4) is 0 Å². The maximum atomic E-state index is 12.1. The largest absolute Gasteiger partial charge is 0.472 e. The summed E-state index contributed by atoms with van der Waals surface area (Å²) in [6.07, 6.45) is -13.8. The van der Waals surface area contributed by atoms with Gasteiger partial charge in [0.25, 0.3) is 5.56 Å². The molecule has 0 saturated carbocycles. The number of H-pyrrole nitrogens is 1. The first kappa shape index (κ1) is 25.1. The van der Waals surface area contributed by atoms with Crippen LogP contribution < -0.4 is 11.2 Å². The van der Waals surface area contributed by atoms with Gasteiger partial charge in [-0.05, 0) is 0 Å². The molecule has 32 heavy (non-hydrogen) atoms. The highest BCUT2D eigenvalue weighted by molar-refractivity contribution is 7.47. The Hall–Kier alpha value is -1.53. The van der Waals surface area contributed by atoms with Crippen molar-refractivity contribution < 1.29 is 58.6 Å². The molecule has 3 rings (SSSR count). The minimum absolute atomic E-state index is 0.695. The van der Waals surface area contributed by atoms with Crippen molar-refractivity contribution in [3.05, 3.63) is 33.1 Å². The molecule has 0 spiro atoms. The average Bonchev–Trinajstić information content (AvgIpc) is 3.01. The summed E-state index contributed by atoms with van der Waals surface area (Å²) in [5, 5.41) is 58.5. The number of rotatable bonds is 7. The molecule has 0 aromatic carbocycles. The first-order valence-corrected chi connectivity index (χ1v) is 10.7. The lowest BCUT2D eigenvalue weighted by Crippen LogP contribution is -2.58. The van der Waals surface area contributed by atoms with Crippen LogP contribution in [0.1, 0.15) is 6.23 Å². The molecule has 1 aromatic rings. The molecule has 3 heterocycles. The Labute approximate surface area is 178 Å². The molecular weight excluding hydrogens is 463 g/mol. The molecular formula is C15H23N2O14P. The van der Waals surface area contributed by atoms with E-state index in [1.54, 1.807) is 0 Å². The molecule has 1 aromatic heterocycles. The van der Waals surface area contributed by atoms with Crippen molar-refractivity contribution in [1.82, 2.24) is 9.55 Å². The first-order chi connectivity index (χ1) is 14.9. The number of nitrogens with one attached hydrogen (secondary N) is 1. The highest BCUT2D eigenvalue weighted by Gasteiger charge is 2.46. The fourth-order valence-electron chi connectivity index (χ4n) is 3.17. The molecule has 2 aliphatic heterocycles. The van der Waals surface area contributed by atoms with E-state index >= 15 is 0 Å². The summed E-state index contributed by atoms with van der Waals surface area (Å²) in [4.78, 5) is 34.7. The number of aromatic nitrogens is 2. The Morgan fingerprint density at radius 2 is 1.47 bits per heavy atom. The predicted octanol–water partition coefficient (Wildman–Crippen LogP) is -4.91. The van der Waals surface area contributed by atoms with E-state index in [-0.39, 0.29) is 0 Å². The number of aromatic amines is 1. The Balaban J connectivity index is 1.56. The number of phosphoric ester groups is 1. The van der Waals surface area contributed by atoms with Gasteiger partial charge in [-0.15, -0.1) is 0 Å². The highest BCUT2D eigenvalue weighted by atomic mass is 31.2. The van der Waals surface area contributed by atoms with E-state index in [1.165, 1.54) is 0 Å². The molecule has 2 unspecified atom stereocenters. The van der Waals surface area contributed by atoms with Crippen LogP contribution >= 0.6 is 7.82 Å². The molecule has 2 aliphatic rings. The van der Waals surface area contributed by atoms with Gasteiger partial charge in [-0.3, -0.25) is 23.4 Å². The van der Waals surface area contributed by atoms with Crippen LogP contribution in [0.25, 0.3) is 0 Å². The predicted molar refractivity (Wildman–Crippen MR) is 97.9 cm³/mol. The SMILES string of the molecule is O=c1ccn([C@@H]2O[C@H](COP(=O)(O)OC[C@H]3OC(O)[C@@H](O)[C@@H](O)[C@@H]3O)[C@@H](O)[C@H]2O)c(=O)[nH]1. The number of nitrogens with zero attached hydrogens (tertiary/aromatic N) is 1. The first-order valence-electron chi connectivity index (χ1n) is 9.24. The summed E-state index contributed by atoms with van der Waals surface area (Å²) in [6.45, 7) is -1.61. The van der Waals surface area contributed by atoms with Crippen LogP contribution in [0.4, 0.5) is 0 Å². The van der Waals surface area contributed by atoms with Gasteiger partial charge in [0.2, 0.25) is 0 Å². The Bertz CT molecular complexity index is 953. The molecule has 2 fully saturated rings. The second-order valence-electron chi connectivity index (χ2n) is 7.16. The van der Waals surface area contributed by atoms with Gasteiger partial charge in [0.15, 0.2) is 12.5 Å². The van der Waals surface area contributed by atoms with Gasteiger partial charge in [-0.2, -0.15) is 0 Å². The fraction of sp³-hybridized carbons (Fsp3) is 0.733. The van der Waals surface area contributed by atoms with E-state index in [2.05, 4.69) is 4.52 Å². The molecule has 0 radical (unpaired) electrons. The molecule has 8 N–H and O–H groups in total. The number of hydrogen-bond acceptors (Lipinski definition) is 13. The summed E-state index contributed by atoms with van der Waals surface area (Å²) in [6, 6.07) is 0.984. The van der Waals surface area contributed by atoms with Crippen LogP contribution in [0.2, 0.25) is 0 Å². The van der Waals surface area contributed by atoms with Gasteiger partial charge in [0.05, 0.1) is 13.2 Å². The third-order valence-corrected chi connectivity index (χ3v) is 5.90. The molecule has 16 nitrogen and oxygen atoms in total. The van der Waals surface area contributed by atoms with E-state index in [0.717, 1.165) is 16.8 Å². The van der Waals surface area contributed by atoms with E-state index < -0.39 is 87.5 Å². The van der Waals surface area contributed by atoms with Crippen molar-refractivity contribution in [3.63, 3.8) is 0 Å². The van der Waals surface area contributed by atoms with Gasteiger partial charge >= 0.3 is 13.5 Å². The zero-order valence-corrected chi connectivity index (χ0v) is 17.0. The van der Waals surface area contributed by atoms with Gasteiger partial charge in [-0.1, -0.05) is 0 Å². The van der Waals surface area contributed by atoms with Gasteiger partial charge in [0, 0.05) is 12.3 Å². The highest BCUT2D eigenvalue weighted by Crippen LogP contribution is 2.45. The maximum Gasteiger partial charge on any atom is 0.472 e. The Morgan fingerprint density at radius 3 is 2.06 bits per heavy atom. The maximum absolute atomic E-state index is 12.1.